The Kier molecular flexibility index (Phi) is 5.56. The van der Waals surface area contributed by atoms with Crippen molar-refractivity contribution < 1.29 is 13.2 Å². The Morgan fingerprint density at radius 1 is 1.62 bits per heavy atom. The van der Waals surface area contributed by atoms with E-state index >= 15 is 0 Å². The molecule has 0 aromatic carbocycles. The normalized spacial score (nSPS) is 25.0. The van der Waals surface area contributed by atoms with E-state index in [2.05, 4.69) is 5.32 Å². The van der Waals surface area contributed by atoms with E-state index in [0.717, 1.165) is 0 Å². The first-order chi connectivity index (χ1) is 7.43. The zero-order valence-corrected chi connectivity index (χ0v) is 11.6. The third-order valence-corrected chi connectivity index (χ3v) is 4.93. The summed E-state index contributed by atoms with van der Waals surface area (Å²) in [5.41, 5.74) is 0. The second kappa shape index (κ2) is 6.23. The molecule has 0 saturated carbocycles. The standard InChI is InChI=1S/C8H13Cl2NO3S2/c9-3-6(10)4-14-8(15)11-7-1-2-16(12,13)5-7/h6-7H,1-5H2,(H,11,15)/t6-,7-/m1/s1. The van der Waals surface area contributed by atoms with E-state index in [0.29, 0.717) is 6.42 Å². The SMILES string of the molecule is O=S1(=O)CC[C@@H](NC(=S)OC[C@H](Cl)CCl)C1. The van der Waals surface area contributed by atoms with E-state index in [-0.39, 0.29) is 40.6 Å². The van der Waals surface area contributed by atoms with Gasteiger partial charge in [0.05, 0.1) is 16.9 Å². The maximum atomic E-state index is 11.2. The van der Waals surface area contributed by atoms with E-state index in [1.165, 1.54) is 0 Å². The molecule has 1 rings (SSSR count). The van der Waals surface area contributed by atoms with Crippen molar-refractivity contribution in [1.29, 1.82) is 0 Å². The Hall–Kier alpha value is 0.220. The zero-order chi connectivity index (χ0) is 12.2. The van der Waals surface area contributed by atoms with Crippen LogP contribution < -0.4 is 5.32 Å². The highest BCUT2D eigenvalue weighted by Gasteiger charge is 2.28. The first-order valence-electron chi connectivity index (χ1n) is 4.76. The number of hydrogen-bond acceptors (Lipinski definition) is 4. The Morgan fingerprint density at radius 3 is 2.81 bits per heavy atom. The summed E-state index contributed by atoms with van der Waals surface area (Å²) in [6.45, 7) is 0.219. The Labute approximate surface area is 111 Å². The summed E-state index contributed by atoms with van der Waals surface area (Å²) in [6, 6.07) is -0.151. The predicted octanol–water partition coefficient (Wildman–Crippen LogP) is 0.911. The number of rotatable bonds is 4. The molecule has 8 heteroatoms. The molecule has 16 heavy (non-hydrogen) atoms. The number of alkyl halides is 2. The van der Waals surface area contributed by atoms with Gasteiger partial charge in [0.2, 0.25) is 0 Å². The lowest BCUT2D eigenvalue weighted by Gasteiger charge is -2.15. The number of halogens is 2. The summed E-state index contributed by atoms with van der Waals surface area (Å²) >= 11 is 16.1. The minimum atomic E-state index is -2.90. The summed E-state index contributed by atoms with van der Waals surface area (Å²) in [6.07, 6.45) is 0.561. The van der Waals surface area contributed by atoms with Gasteiger partial charge >= 0.3 is 0 Å². The van der Waals surface area contributed by atoms with E-state index in [4.69, 9.17) is 40.2 Å². The molecule has 4 nitrogen and oxygen atoms in total. The minimum absolute atomic E-state index is 0.107. The molecule has 0 unspecified atom stereocenters. The first-order valence-corrected chi connectivity index (χ1v) is 7.97. The number of ether oxygens (including phenoxy) is 1. The summed E-state index contributed by atoms with van der Waals surface area (Å²) in [4.78, 5) is 0. The van der Waals surface area contributed by atoms with Crippen molar-refractivity contribution in [3.8, 4) is 0 Å². The fourth-order valence-electron chi connectivity index (χ4n) is 1.33. The van der Waals surface area contributed by atoms with Crippen molar-refractivity contribution in [3.05, 3.63) is 0 Å². The van der Waals surface area contributed by atoms with Crippen LogP contribution in [0, 0.1) is 0 Å². The first kappa shape index (κ1) is 14.3. The molecule has 1 aliphatic rings. The van der Waals surface area contributed by atoms with Crippen molar-refractivity contribution in [2.24, 2.45) is 0 Å². The minimum Gasteiger partial charge on any atom is -0.469 e. The topological polar surface area (TPSA) is 55.4 Å². The van der Waals surface area contributed by atoms with Crippen molar-refractivity contribution >= 4 is 50.4 Å². The smallest absolute Gasteiger partial charge is 0.256 e. The van der Waals surface area contributed by atoms with Crippen molar-refractivity contribution in [3.63, 3.8) is 0 Å². The van der Waals surface area contributed by atoms with E-state index in [1.807, 2.05) is 0 Å². The molecule has 0 bridgehead atoms. The van der Waals surface area contributed by atoms with Gasteiger partial charge < -0.3 is 10.1 Å². The van der Waals surface area contributed by atoms with Gasteiger partial charge in [0.25, 0.3) is 5.17 Å². The maximum absolute atomic E-state index is 11.2. The molecule has 0 amide bonds. The molecule has 1 N–H and O–H groups in total. The maximum Gasteiger partial charge on any atom is 0.256 e. The van der Waals surface area contributed by atoms with Crippen molar-refractivity contribution in [2.75, 3.05) is 24.0 Å². The molecule has 0 aromatic heterocycles. The number of nitrogens with one attached hydrogen (secondary N) is 1. The van der Waals surface area contributed by atoms with Gasteiger partial charge in [0, 0.05) is 11.9 Å². The van der Waals surface area contributed by atoms with Crippen LogP contribution in [0.5, 0.6) is 0 Å². The lowest BCUT2D eigenvalue weighted by atomic mass is 10.3. The Morgan fingerprint density at radius 2 is 2.31 bits per heavy atom. The fourth-order valence-corrected chi connectivity index (χ4v) is 3.39. The highest BCUT2D eigenvalue weighted by molar-refractivity contribution is 7.91. The van der Waals surface area contributed by atoms with Crippen molar-refractivity contribution in [2.45, 2.75) is 17.8 Å². The molecule has 1 saturated heterocycles. The predicted molar refractivity (Wildman–Crippen MR) is 69.1 cm³/mol. The van der Waals surface area contributed by atoms with Crippen LogP contribution >= 0.6 is 35.4 Å². The van der Waals surface area contributed by atoms with Crippen LogP contribution in [-0.4, -0.2) is 49.0 Å². The number of sulfone groups is 1. The summed E-state index contributed by atoms with van der Waals surface area (Å²) in [5, 5.41) is 2.72. The molecular weight excluding hydrogens is 293 g/mol. The molecule has 0 spiro atoms. The Balaban J connectivity index is 2.25. The quantitative estimate of drug-likeness (QED) is 0.618. The van der Waals surface area contributed by atoms with Gasteiger partial charge in [-0.05, 0) is 18.6 Å². The van der Waals surface area contributed by atoms with E-state index < -0.39 is 9.84 Å². The molecule has 0 aromatic rings. The van der Waals surface area contributed by atoms with Crippen LogP contribution in [0.2, 0.25) is 0 Å². The molecule has 1 heterocycles. The summed E-state index contributed by atoms with van der Waals surface area (Å²) in [7, 11) is -2.90. The number of thiocarbonyl (C=S) groups is 1. The summed E-state index contributed by atoms with van der Waals surface area (Å²) < 4.78 is 27.5. The average molecular weight is 306 g/mol. The van der Waals surface area contributed by atoms with Crippen LogP contribution in [0.1, 0.15) is 6.42 Å². The summed E-state index contributed by atoms with van der Waals surface area (Å²) in [5.74, 6) is 0.589. The van der Waals surface area contributed by atoms with Gasteiger partial charge in [-0.25, -0.2) is 8.42 Å². The molecule has 1 aliphatic heterocycles. The van der Waals surface area contributed by atoms with Gasteiger partial charge in [0.15, 0.2) is 9.84 Å². The largest absolute Gasteiger partial charge is 0.469 e. The fraction of sp³-hybridized carbons (Fsp3) is 0.875. The van der Waals surface area contributed by atoms with Crippen molar-refractivity contribution in [1.82, 2.24) is 5.32 Å². The third-order valence-electron chi connectivity index (χ3n) is 2.12. The van der Waals surface area contributed by atoms with Gasteiger partial charge in [-0.1, -0.05) is 0 Å². The van der Waals surface area contributed by atoms with E-state index in [1.54, 1.807) is 0 Å². The second-order valence-electron chi connectivity index (χ2n) is 3.59. The molecule has 2 atom stereocenters. The second-order valence-corrected chi connectivity index (χ2v) is 7.12. The third kappa shape index (κ3) is 5.03. The van der Waals surface area contributed by atoms with Crippen LogP contribution in [0.3, 0.4) is 0 Å². The van der Waals surface area contributed by atoms with Crippen LogP contribution in [0.15, 0.2) is 0 Å². The number of hydrogen-bond donors (Lipinski definition) is 1. The van der Waals surface area contributed by atoms with Crippen LogP contribution in [0.25, 0.3) is 0 Å². The molecule has 0 radical (unpaired) electrons. The molecule has 0 aliphatic carbocycles. The zero-order valence-electron chi connectivity index (χ0n) is 8.49. The lowest BCUT2D eigenvalue weighted by molar-refractivity contribution is 0.298. The van der Waals surface area contributed by atoms with Gasteiger partial charge in [0.1, 0.15) is 6.61 Å². The Bertz CT molecular complexity index is 347. The molecule has 94 valence electrons. The highest BCUT2D eigenvalue weighted by Crippen LogP contribution is 2.11. The monoisotopic (exact) mass is 305 g/mol. The van der Waals surface area contributed by atoms with Gasteiger partial charge in [-0.15, -0.1) is 23.2 Å². The van der Waals surface area contributed by atoms with Crippen LogP contribution in [-0.2, 0) is 14.6 Å². The van der Waals surface area contributed by atoms with Gasteiger partial charge in [-0.3, -0.25) is 0 Å². The molecular formula is C8H13Cl2NO3S2. The highest BCUT2D eigenvalue weighted by atomic mass is 35.5. The van der Waals surface area contributed by atoms with Crippen LogP contribution in [0.4, 0.5) is 0 Å². The molecule has 1 fully saturated rings. The van der Waals surface area contributed by atoms with Gasteiger partial charge in [-0.2, -0.15) is 0 Å². The average Bonchev–Trinajstić information content (AvgIpc) is 2.54. The lowest BCUT2D eigenvalue weighted by Crippen LogP contribution is -2.36. The van der Waals surface area contributed by atoms with E-state index in [9.17, 15) is 8.42 Å².